The highest BCUT2D eigenvalue weighted by molar-refractivity contribution is 6.00. The maximum absolute atomic E-state index is 14.5. The van der Waals surface area contributed by atoms with Crippen molar-refractivity contribution in [2.45, 2.75) is 32.7 Å². The highest BCUT2D eigenvalue weighted by Crippen LogP contribution is 2.31. The number of urea groups is 1. The van der Waals surface area contributed by atoms with Crippen molar-refractivity contribution in [2.24, 2.45) is 5.92 Å². The predicted octanol–water partition coefficient (Wildman–Crippen LogP) is 4.99. The maximum atomic E-state index is 14.5. The molecule has 2 atom stereocenters. The molecule has 0 bridgehead atoms. The molecule has 44 heavy (non-hydrogen) atoms. The minimum atomic E-state index is -0.704. The molecule has 2 N–H and O–H groups in total. The van der Waals surface area contributed by atoms with E-state index in [1.807, 2.05) is 52.4 Å². The fraction of sp³-hybridized carbons (Fsp3) is 0.389. The number of anilines is 2. The Morgan fingerprint density at radius 1 is 0.932 bits per heavy atom. The van der Waals surface area contributed by atoms with Crippen molar-refractivity contribution in [3.05, 3.63) is 95.2 Å². The van der Waals surface area contributed by atoms with Gasteiger partial charge in [-0.15, -0.1) is 0 Å². The number of carbonyl (C=O) groups is 2. The molecule has 0 saturated carbocycles. The van der Waals surface area contributed by atoms with E-state index in [4.69, 9.17) is 0 Å². The van der Waals surface area contributed by atoms with E-state index in [1.165, 1.54) is 22.4 Å². The van der Waals surface area contributed by atoms with E-state index >= 15 is 0 Å². The van der Waals surface area contributed by atoms with Gasteiger partial charge in [-0.2, -0.15) is 0 Å². The van der Waals surface area contributed by atoms with Gasteiger partial charge in [0.05, 0.1) is 0 Å². The number of aromatic amines is 1. The van der Waals surface area contributed by atoms with Crippen LogP contribution in [0.4, 0.5) is 16.2 Å². The van der Waals surface area contributed by atoms with E-state index in [-0.39, 0.29) is 11.9 Å². The Labute approximate surface area is 260 Å². The topological polar surface area (TPSA) is 74.9 Å². The molecule has 8 nitrogen and oxygen atoms in total. The molecule has 230 valence electrons. The van der Waals surface area contributed by atoms with Crippen molar-refractivity contribution in [3.8, 4) is 0 Å². The second kappa shape index (κ2) is 12.7. The Morgan fingerprint density at radius 2 is 1.66 bits per heavy atom. The number of aromatic nitrogens is 1. The molecule has 3 amide bonds. The number of benzene rings is 3. The van der Waals surface area contributed by atoms with Crippen molar-refractivity contribution in [3.63, 3.8) is 0 Å². The van der Waals surface area contributed by atoms with Crippen LogP contribution in [-0.4, -0.2) is 86.1 Å². The van der Waals surface area contributed by atoms with Crippen LogP contribution in [0.5, 0.6) is 0 Å². The predicted molar refractivity (Wildman–Crippen MR) is 179 cm³/mol. The Bertz CT molecular complexity index is 1640. The maximum Gasteiger partial charge on any atom is 0.318 e. The third-order valence-electron chi connectivity index (χ3n) is 9.30. The average Bonchev–Trinajstić information content (AvgIpc) is 3.43. The highest BCUT2D eigenvalue weighted by atomic mass is 16.2. The second-order valence-corrected chi connectivity index (χ2v) is 12.7. The number of nitrogens with zero attached hydrogens (tertiary/aromatic N) is 4. The molecule has 2 unspecified atom stereocenters. The molecule has 6 rings (SSSR count). The van der Waals surface area contributed by atoms with Crippen molar-refractivity contribution < 1.29 is 9.59 Å². The summed E-state index contributed by atoms with van der Waals surface area (Å²) in [5.74, 6) is 0.250. The lowest BCUT2D eigenvalue weighted by Crippen LogP contribution is -2.58. The number of hydrogen-bond acceptors (Lipinski definition) is 4. The molecule has 2 aliphatic rings. The van der Waals surface area contributed by atoms with Gasteiger partial charge in [0.1, 0.15) is 6.04 Å². The van der Waals surface area contributed by atoms with Crippen molar-refractivity contribution in [1.29, 1.82) is 0 Å². The average molecular weight is 593 g/mol. The Hall–Kier alpha value is -4.30. The van der Waals surface area contributed by atoms with Gasteiger partial charge >= 0.3 is 6.03 Å². The number of carbonyl (C=O) groups excluding carboxylic acids is 2. The number of H-pyrrole nitrogens is 1. The summed E-state index contributed by atoms with van der Waals surface area (Å²) in [5, 5.41) is 4.28. The normalized spacial score (nSPS) is 17.6. The van der Waals surface area contributed by atoms with Crippen molar-refractivity contribution in [1.82, 2.24) is 20.1 Å². The van der Waals surface area contributed by atoms with Crippen LogP contribution in [0.1, 0.15) is 22.3 Å². The zero-order valence-electron chi connectivity index (χ0n) is 26.3. The zero-order valence-corrected chi connectivity index (χ0v) is 26.3. The summed E-state index contributed by atoms with van der Waals surface area (Å²) in [5.41, 5.74) is 7.96. The van der Waals surface area contributed by atoms with Gasteiger partial charge in [0.2, 0.25) is 5.91 Å². The molecule has 2 aliphatic heterocycles. The number of aryl methyl sites for hydroxylation is 1. The number of nitrogens with one attached hydrogen (secondary N) is 2. The summed E-state index contributed by atoms with van der Waals surface area (Å²) in [6.07, 6.45) is 3.31. The van der Waals surface area contributed by atoms with E-state index in [2.05, 4.69) is 78.4 Å². The molecule has 1 aromatic heterocycles. The van der Waals surface area contributed by atoms with Gasteiger partial charge < -0.3 is 29.9 Å². The minimum Gasteiger partial charge on any atom is -0.368 e. The number of rotatable bonds is 7. The van der Waals surface area contributed by atoms with Gasteiger partial charge in [-0.05, 0) is 80.7 Å². The first kappa shape index (κ1) is 29.8. The molecule has 0 radical (unpaired) electrons. The summed E-state index contributed by atoms with van der Waals surface area (Å²) in [6, 6.07) is 21.8. The van der Waals surface area contributed by atoms with Gasteiger partial charge in [0.25, 0.3) is 0 Å². The number of amides is 3. The lowest BCUT2D eigenvalue weighted by molar-refractivity contribution is -0.120. The fourth-order valence-corrected chi connectivity index (χ4v) is 6.90. The van der Waals surface area contributed by atoms with Gasteiger partial charge in [0.15, 0.2) is 0 Å². The van der Waals surface area contributed by atoms with E-state index in [9.17, 15) is 9.59 Å². The molecule has 0 aliphatic carbocycles. The summed E-state index contributed by atoms with van der Waals surface area (Å²) >= 11 is 0. The van der Waals surface area contributed by atoms with Crippen LogP contribution in [0.25, 0.3) is 10.9 Å². The molecular weight excluding hydrogens is 548 g/mol. The molecule has 0 spiro atoms. The number of piperazine rings is 1. The largest absolute Gasteiger partial charge is 0.368 e. The quantitative estimate of drug-likeness (QED) is 0.317. The lowest BCUT2D eigenvalue weighted by Gasteiger charge is -2.39. The van der Waals surface area contributed by atoms with Crippen LogP contribution in [0.15, 0.2) is 72.9 Å². The van der Waals surface area contributed by atoms with Crippen molar-refractivity contribution >= 4 is 34.2 Å². The molecule has 3 aromatic carbocycles. The smallest absolute Gasteiger partial charge is 0.318 e. The lowest BCUT2D eigenvalue weighted by atomic mass is 9.91. The number of hydrogen-bond donors (Lipinski definition) is 2. The van der Waals surface area contributed by atoms with Gasteiger partial charge in [-0.25, -0.2) is 4.79 Å². The van der Waals surface area contributed by atoms with Crippen LogP contribution in [0.3, 0.4) is 0 Å². The molecule has 1 fully saturated rings. The van der Waals surface area contributed by atoms with Crippen molar-refractivity contribution in [2.75, 3.05) is 63.2 Å². The third kappa shape index (κ3) is 6.17. The van der Waals surface area contributed by atoms with E-state index in [1.54, 1.807) is 0 Å². The first-order valence-corrected chi connectivity index (χ1v) is 15.7. The number of fused-ring (bicyclic) bond motifs is 2. The van der Waals surface area contributed by atoms with Crippen LogP contribution in [0, 0.1) is 19.8 Å². The third-order valence-corrected chi connectivity index (χ3v) is 9.30. The molecule has 1 saturated heterocycles. The summed E-state index contributed by atoms with van der Waals surface area (Å²) in [7, 11) is 4.15. The second-order valence-electron chi connectivity index (χ2n) is 12.7. The van der Waals surface area contributed by atoms with Crippen LogP contribution in [0.2, 0.25) is 0 Å². The Kier molecular flexibility index (Phi) is 8.62. The Morgan fingerprint density at radius 3 is 2.45 bits per heavy atom. The summed E-state index contributed by atoms with van der Waals surface area (Å²) in [4.78, 5) is 40.0. The minimum absolute atomic E-state index is 0.0615. The first-order chi connectivity index (χ1) is 21.3. The molecule has 4 aromatic rings. The van der Waals surface area contributed by atoms with E-state index in [0.29, 0.717) is 32.0 Å². The summed E-state index contributed by atoms with van der Waals surface area (Å²) in [6.45, 7) is 8.53. The van der Waals surface area contributed by atoms with Gasteiger partial charge in [0, 0.05) is 74.2 Å². The van der Waals surface area contributed by atoms with Crippen LogP contribution >= 0.6 is 0 Å². The van der Waals surface area contributed by atoms with Gasteiger partial charge in [-0.3, -0.25) is 4.79 Å². The fourth-order valence-electron chi connectivity index (χ4n) is 6.90. The zero-order chi connectivity index (χ0) is 30.8. The molecule has 3 heterocycles. The molecular formula is C36H44N6O2. The Balaban J connectivity index is 1.24. The monoisotopic (exact) mass is 592 g/mol. The SMILES string of the molecule is Cc1cccc(N2CCN(C(=O)NC(Cc3c[nH]c4ccccc34)C(=O)N3CC(CN(C)C)Cc4ccccc43)CC2)c1C. The van der Waals surface area contributed by atoms with E-state index < -0.39 is 6.04 Å². The number of para-hydroxylation sites is 2. The van der Waals surface area contributed by atoms with E-state index in [0.717, 1.165) is 48.2 Å². The standard InChI is InChI=1S/C36H44N6O2/c1-25-10-9-15-33(26(25)2)40-16-18-41(19-17-40)36(44)38-32(21-29-22-37-31-13-7-6-12-30(29)31)35(43)42-24-27(23-39(3)4)20-28-11-5-8-14-34(28)42/h5-15,22,27,32,37H,16-21,23-24H2,1-4H3,(H,38,44). The van der Waals surface area contributed by atoms with Crippen LogP contribution in [-0.2, 0) is 17.6 Å². The molecule has 8 heteroatoms. The summed E-state index contributed by atoms with van der Waals surface area (Å²) < 4.78 is 0. The highest BCUT2D eigenvalue weighted by Gasteiger charge is 2.35. The first-order valence-electron chi connectivity index (χ1n) is 15.7. The van der Waals surface area contributed by atoms with Gasteiger partial charge in [-0.1, -0.05) is 48.5 Å². The van der Waals surface area contributed by atoms with Crippen LogP contribution < -0.4 is 15.1 Å².